The molecule has 0 bridgehead atoms. The highest BCUT2D eigenvalue weighted by atomic mass is 16.2. The fourth-order valence-corrected chi connectivity index (χ4v) is 4.25. The lowest BCUT2D eigenvalue weighted by Gasteiger charge is -2.37. The van der Waals surface area contributed by atoms with Gasteiger partial charge in [0, 0.05) is 51.9 Å². The minimum atomic E-state index is 0.117. The summed E-state index contributed by atoms with van der Waals surface area (Å²) in [5.41, 5.74) is 2.67. The lowest BCUT2D eigenvalue weighted by Crippen LogP contribution is -2.52. The first-order valence-corrected chi connectivity index (χ1v) is 10.6. The molecule has 5 heteroatoms. The second-order valence-corrected chi connectivity index (χ2v) is 8.54. The van der Waals surface area contributed by atoms with Gasteiger partial charge >= 0.3 is 6.03 Å². The monoisotopic (exact) mass is 372 g/mol. The minimum absolute atomic E-state index is 0.117. The molecule has 3 rings (SSSR count). The van der Waals surface area contributed by atoms with E-state index in [1.165, 1.54) is 30.5 Å². The zero-order chi connectivity index (χ0) is 19.2. The number of hydrogen-bond donors (Lipinski definition) is 1. The predicted octanol–water partition coefficient (Wildman–Crippen LogP) is 2.94. The largest absolute Gasteiger partial charge is 0.338 e. The van der Waals surface area contributed by atoms with Gasteiger partial charge in [0.25, 0.3) is 0 Å². The number of rotatable bonds is 5. The van der Waals surface area contributed by atoms with Crippen molar-refractivity contribution in [3.05, 3.63) is 35.4 Å². The molecule has 1 N–H and O–H groups in total. The molecule has 2 heterocycles. The van der Waals surface area contributed by atoms with Crippen molar-refractivity contribution in [2.75, 3.05) is 45.8 Å². The van der Waals surface area contributed by atoms with Crippen molar-refractivity contribution in [1.82, 2.24) is 20.0 Å². The number of carbonyl (C=O) groups is 1. The van der Waals surface area contributed by atoms with Crippen LogP contribution >= 0.6 is 0 Å². The van der Waals surface area contributed by atoms with Crippen LogP contribution in [-0.4, -0.2) is 72.6 Å². The third-order valence-corrected chi connectivity index (χ3v) is 5.97. The molecular formula is C22H36N4O. The summed E-state index contributed by atoms with van der Waals surface area (Å²) in [6, 6.07) is 9.43. The summed E-state index contributed by atoms with van der Waals surface area (Å²) in [5.74, 6) is 0.590. The molecule has 2 aliphatic rings. The molecule has 27 heavy (non-hydrogen) atoms. The smallest absolute Gasteiger partial charge is 0.317 e. The predicted molar refractivity (Wildman–Crippen MR) is 111 cm³/mol. The van der Waals surface area contributed by atoms with Gasteiger partial charge in [-0.15, -0.1) is 0 Å². The highest BCUT2D eigenvalue weighted by Gasteiger charge is 2.24. The zero-order valence-electron chi connectivity index (χ0n) is 17.3. The number of urea groups is 1. The number of piperazine rings is 1. The van der Waals surface area contributed by atoms with Gasteiger partial charge in [-0.1, -0.05) is 29.8 Å². The van der Waals surface area contributed by atoms with E-state index < -0.39 is 0 Å². The van der Waals surface area contributed by atoms with Crippen molar-refractivity contribution in [3.63, 3.8) is 0 Å². The molecule has 0 spiro atoms. The number of aryl methyl sites for hydroxylation is 1. The van der Waals surface area contributed by atoms with Crippen LogP contribution in [0, 0.1) is 12.8 Å². The van der Waals surface area contributed by atoms with E-state index in [0.29, 0.717) is 12.0 Å². The molecule has 0 aromatic heterocycles. The van der Waals surface area contributed by atoms with Gasteiger partial charge in [0.05, 0.1) is 0 Å². The van der Waals surface area contributed by atoms with E-state index in [2.05, 4.69) is 60.2 Å². The fraction of sp³-hybridized carbons (Fsp3) is 0.682. The summed E-state index contributed by atoms with van der Waals surface area (Å²) >= 11 is 0. The molecule has 1 aromatic carbocycles. The molecule has 1 unspecified atom stereocenters. The van der Waals surface area contributed by atoms with Crippen LogP contribution < -0.4 is 5.32 Å². The first kappa shape index (κ1) is 20.2. The van der Waals surface area contributed by atoms with Crippen LogP contribution in [0.2, 0.25) is 0 Å². The number of amides is 2. The lowest BCUT2D eigenvalue weighted by atomic mass is 9.97. The normalized spacial score (nSPS) is 22.2. The Morgan fingerprint density at radius 2 is 1.96 bits per heavy atom. The summed E-state index contributed by atoms with van der Waals surface area (Å²) in [7, 11) is 0. The molecule has 0 aliphatic carbocycles. The Kier molecular flexibility index (Phi) is 7.13. The Bertz CT molecular complexity index is 610. The van der Waals surface area contributed by atoms with Crippen molar-refractivity contribution in [2.45, 2.75) is 46.2 Å². The molecule has 1 atom stereocenters. The van der Waals surface area contributed by atoms with Gasteiger partial charge in [-0.2, -0.15) is 0 Å². The van der Waals surface area contributed by atoms with Crippen molar-refractivity contribution in [2.24, 2.45) is 5.92 Å². The Hall–Kier alpha value is -1.59. The Balaban J connectivity index is 1.38. The maximum atomic E-state index is 12.5. The molecular weight excluding hydrogens is 336 g/mol. The number of nitrogens with zero attached hydrogens (tertiary/aromatic N) is 3. The molecule has 1 aromatic rings. The number of piperidine rings is 1. The first-order chi connectivity index (χ1) is 13.0. The Labute approximate surface area is 164 Å². The van der Waals surface area contributed by atoms with Gasteiger partial charge in [0.2, 0.25) is 0 Å². The molecule has 5 nitrogen and oxygen atoms in total. The summed E-state index contributed by atoms with van der Waals surface area (Å²) in [6.45, 7) is 14.3. The quantitative estimate of drug-likeness (QED) is 0.864. The van der Waals surface area contributed by atoms with Gasteiger partial charge in [-0.25, -0.2) is 4.79 Å². The van der Waals surface area contributed by atoms with Crippen LogP contribution in [0.5, 0.6) is 0 Å². The van der Waals surface area contributed by atoms with Crippen LogP contribution in [0.1, 0.15) is 37.8 Å². The molecule has 2 fully saturated rings. The van der Waals surface area contributed by atoms with Crippen LogP contribution in [0.15, 0.2) is 24.3 Å². The molecule has 0 saturated carbocycles. The van der Waals surface area contributed by atoms with Gasteiger partial charge < -0.3 is 15.1 Å². The SMILES string of the molecule is Cc1cccc(CN2CCN(C(=O)NCC3CCCN(C(C)C)C3)CC2)c1. The number of benzene rings is 1. The molecule has 150 valence electrons. The summed E-state index contributed by atoms with van der Waals surface area (Å²) in [5, 5.41) is 3.20. The molecule has 0 radical (unpaired) electrons. The standard InChI is InChI=1S/C22H36N4O/c1-18(2)26-9-5-8-21(17-26)15-23-22(27)25-12-10-24(11-13-25)16-20-7-4-6-19(3)14-20/h4,6-7,14,18,21H,5,8-13,15-17H2,1-3H3,(H,23,27). The summed E-state index contributed by atoms with van der Waals surface area (Å²) < 4.78 is 0. The number of carbonyl (C=O) groups excluding carboxylic acids is 1. The maximum absolute atomic E-state index is 12.5. The van der Waals surface area contributed by atoms with Gasteiger partial charge in [0.1, 0.15) is 0 Å². The highest BCUT2D eigenvalue weighted by Crippen LogP contribution is 2.18. The van der Waals surface area contributed by atoms with Crippen LogP contribution in [0.4, 0.5) is 4.79 Å². The minimum Gasteiger partial charge on any atom is -0.338 e. The average molecular weight is 373 g/mol. The van der Waals surface area contributed by atoms with Crippen LogP contribution in [0.3, 0.4) is 0 Å². The number of hydrogen-bond acceptors (Lipinski definition) is 3. The third-order valence-electron chi connectivity index (χ3n) is 5.97. The second kappa shape index (κ2) is 9.56. The van der Waals surface area contributed by atoms with Crippen molar-refractivity contribution < 1.29 is 4.79 Å². The summed E-state index contributed by atoms with van der Waals surface area (Å²) in [4.78, 5) is 19.5. The average Bonchev–Trinajstić information content (AvgIpc) is 2.67. The van der Waals surface area contributed by atoms with Crippen molar-refractivity contribution in [3.8, 4) is 0 Å². The highest BCUT2D eigenvalue weighted by molar-refractivity contribution is 5.74. The lowest BCUT2D eigenvalue weighted by molar-refractivity contribution is 0.124. The van der Waals surface area contributed by atoms with E-state index in [-0.39, 0.29) is 6.03 Å². The number of nitrogens with one attached hydrogen (secondary N) is 1. The Morgan fingerprint density at radius 1 is 1.19 bits per heavy atom. The molecule has 2 amide bonds. The van der Waals surface area contributed by atoms with E-state index in [1.54, 1.807) is 0 Å². The topological polar surface area (TPSA) is 38.8 Å². The molecule has 2 aliphatic heterocycles. The second-order valence-electron chi connectivity index (χ2n) is 8.54. The number of likely N-dealkylation sites (tertiary alicyclic amines) is 1. The van der Waals surface area contributed by atoms with Gasteiger partial charge in [-0.05, 0) is 51.6 Å². The maximum Gasteiger partial charge on any atom is 0.317 e. The third kappa shape index (κ3) is 5.94. The first-order valence-electron chi connectivity index (χ1n) is 10.6. The van der Waals surface area contributed by atoms with E-state index in [9.17, 15) is 4.79 Å². The van der Waals surface area contributed by atoms with Gasteiger partial charge in [-0.3, -0.25) is 4.90 Å². The fourth-order valence-electron chi connectivity index (χ4n) is 4.25. The molecule has 2 saturated heterocycles. The van der Waals surface area contributed by atoms with E-state index in [1.807, 2.05) is 4.90 Å². The summed E-state index contributed by atoms with van der Waals surface area (Å²) in [6.07, 6.45) is 2.48. The van der Waals surface area contributed by atoms with E-state index >= 15 is 0 Å². The Morgan fingerprint density at radius 3 is 2.67 bits per heavy atom. The van der Waals surface area contributed by atoms with Gasteiger partial charge in [0.15, 0.2) is 0 Å². The zero-order valence-corrected chi connectivity index (χ0v) is 17.3. The van der Waals surface area contributed by atoms with Crippen LogP contribution in [-0.2, 0) is 6.54 Å². The van der Waals surface area contributed by atoms with Crippen molar-refractivity contribution in [1.29, 1.82) is 0 Å². The van der Waals surface area contributed by atoms with Crippen molar-refractivity contribution >= 4 is 6.03 Å². The van der Waals surface area contributed by atoms with E-state index in [4.69, 9.17) is 0 Å². The van der Waals surface area contributed by atoms with Crippen LogP contribution in [0.25, 0.3) is 0 Å². The van der Waals surface area contributed by atoms with E-state index in [0.717, 1.165) is 45.8 Å².